The predicted molar refractivity (Wildman–Crippen MR) is 119 cm³/mol. The molecule has 2 N–H and O–H groups in total. The highest BCUT2D eigenvalue weighted by Crippen LogP contribution is 2.33. The van der Waals surface area contributed by atoms with E-state index >= 15 is 0 Å². The number of rotatable bonds is 5. The first-order valence-electron chi connectivity index (χ1n) is 10.3. The maximum absolute atomic E-state index is 14.4. The van der Waals surface area contributed by atoms with Crippen LogP contribution in [0.25, 0.3) is 11.3 Å². The van der Waals surface area contributed by atoms with E-state index in [0.29, 0.717) is 5.69 Å². The molecule has 2 aromatic carbocycles. The lowest BCUT2D eigenvalue weighted by atomic mass is 10.0. The van der Waals surface area contributed by atoms with Crippen LogP contribution in [0, 0.1) is 12.7 Å². The Morgan fingerprint density at radius 1 is 1.19 bits per heavy atom. The van der Waals surface area contributed by atoms with Crippen molar-refractivity contribution in [1.29, 1.82) is 0 Å². The van der Waals surface area contributed by atoms with E-state index in [-0.39, 0.29) is 40.2 Å². The predicted octanol–water partition coefficient (Wildman–Crippen LogP) is 5.00. The molecule has 3 amide bonds. The second-order valence-electron chi connectivity index (χ2n) is 7.57. The van der Waals surface area contributed by atoms with Crippen LogP contribution in [-0.4, -0.2) is 35.1 Å². The Morgan fingerprint density at radius 2 is 1.94 bits per heavy atom. The van der Waals surface area contributed by atoms with Crippen LogP contribution in [0.5, 0.6) is 0 Å². The van der Waals surface area contributed by atoms with Crippen molar-refractivity contribution >= 4 is 29.2 Å². The van der Waals surface area contributed by atoms with Crippen LogP contribution in [-0.2, 0) is 6.54 Å². The molecule has 1 fully saturated rings. The molecule has 0 unspecified atom stereocenters. The number of carbonyl (C=O) groups excluding carboxylic acids is 2. The lowest BCUT2D eigenvalue weighted by Gasteiger charge is -2.16. The summed E-state index contributed by atoms with van der Waals surface area (Å²) in [6.07, 6.45) is 2.03. The minimum Gasteiger partial charge on any atom is -0.360 e. The van der Waals surface area contributed by atoms with Gasteiger partial charge in [-0.15, -0.1) is 0 Å². The molecule has 0 radical (unpaired) electrons. The van der Waals surface area contributed by atoms with Gasteiger partial charge in [-0.1, -0.05) is 35.0 Å². The highest BCUT2D eigenvalue weighted by atomic mass is 35.5. The zero-order valence-electron chi connectivity index (χ0n) is 17.5. The molecule has 1 aliphatic heterocycles. The molecule has 32 heavy (non-hydrogen) atoms. The summed E-state index contributed by atoms with van der Waals surface area (Å²) in [6.45, 7) is 3.29. The van der Waals surface area contributed by atoms with Crippen molar-refractivity contribution < 1.29 is 18.5 Å². The van der Waals surface area contributed by atoms with Crippen molar-refractivity contribution in [2.24, 2.45) is 0 Å². The number of likely N-dealkylation sites (tertiary alicyclic amines) is 1. The quantitative estimate of drug-likeness (QED) is 0.565. The SMILES string of the molecule is Cc1onc(-c2c(F)cccc2Cl)c1C(=O)NCc1cccc(NC(=O)N2CCCC2)c1. The van der Waals surface area contributed by atoms with Gasteiger partial charge in [0.2, 0.25) is 0 Å². The number of aryl methyl sites for hydroxylation is 1. The van der Waals surface area contributed by atoms with Gasteiger partial charge in [0.15, 0.2) is 0 Å². The van der Waals surface area contributed by atoms with E-state index in [1.165, 1.54) is 18.2 Å². The van der Waals surface area contributed by atoms with Gasteiger partial charge in [-0.25, -0.2) is 9.18 Å². The third-order valence-electron chi connectivity index (χ3n) is 5.31. The van der Waals surface area contributed by atoms with Gasteiger partial charge < -0.3 is 20.1 Å². The Morgan fingerprint density at radius 3 is 2.69 bits per heavy atom. The van der Waals surface area contributed by atoms with Crippen LogP contribution >= 0.6 is 11.6 Å². The summed E-state index contributed by atoms with van der Waals surface area (Å²) < 4.78 is 19.5. The van der Waals surface area contributed by atoms with Gasteiger partial charge in [0.05, 0.1) is 10.6 Å². The molecule has 0 aliphatic carbocycles. The fourth-order valence-corrected chi connectivity index (χ4v) is 3.94. The largest absolute Gasteiger partial charge is 0.360 e. The van der Waals surface area contributed by atoms with Crippen LogP contribution in [0.4, 0.5) is 14.9 Å². The minimum absolute atomic E-state index is 0.0165. The summed E-state index contributed by atoms with van der Waals surface area (Å²) >= 11 is 6.14. The molecule has 1 saturated heterocycles. The summed E-state index contributed by atoms with van der Waals surface area (Å²) in [6, 6.07) is 11.3. The number of nitrogens with one attached hydrogen (secondary N) is 2. The Bertz CT molecular complexity index is 1140. The number of hydrogen-bond donors (Lipinski definition) is 2. The first kappa shape index (κ1) is 21.8. The zero-order valence-corrected chi connectivity index (χ0v) is 18.2. The second-order valence-corrected chi connectivity index (χ2v) is 7.97. The number of carbonyl (C=O) groups is 2. The molecule has 3 aromatic rings. The number of amides is 3. The number of anilines is 1. The number of hydrogen-bond acceptors (Lipinski definition) is 4. The molecule has 7 nitrogen and oxygen atoms in total. The third kappa shape index (κ3) is 4.60. The average molecular weight is 457 g/mol. The van der Waals surface area contributed by atoms with Crippen LogP contribution < -0.4 is 10.6 Å². The van der Waals surface area contributed by atoms with Gasteiger partial charge in [-0.05, 0) is 49.6 Å². The minimum atomic E-state index is -0.596. The summed E-state index contributed by atoms with van der Waals surface area (Å²) in [5.41, 5.74) is 1.62. The van der Waals surface area contributed by atoms with Gasteiger partial charge in [0.25, 0.3) is 5.91 Å². The molecule has 1 aliphatic rings. The Hall–Kier alpha value is -3.39. The van der Waals surface area contributed by atoms with E-state index in [4.69, 9.17) is 16.1 Å². The zero-order chi connectivity index (χ0) is 22.7. The average Bonchev–Trinajstić information content (AvgIpc) is 3.43. The number of aromatic nitrogens is 1. The highest BCUT2D eigenvalue weighted by Gasteiger charge is 2.25. The van der Waals surface area contributed by atoms with E-state index in [1.807, 2.05) is 6.07 Å². The first-order valence-corrected chi connectivity index (χ1v) is 10.7. The van der Waals surface area contributed by atoms with Crippen molar-refractivity contribution in [3.63, 3.8) is 0 Å². The molecule has 0 atom stereocenters. The Balaban J connectivity index is 1.47. The molecule has 0 bridgehead atoms. The van der Waals surface area contributed by atoms with Crippen LogP contribution in [0.2, 0.25) is 5.02 Å². The molecular weight excluding hydrogens is 435 g/mol. The maximum atomic E-state index is 14.4. The van der Waals surface area contributed by atoms with Crippen molar-refractivity contribution in [2.45, 2.75) is 26.3 Å². The van der Waals surface area contributed by atoms with E-state index in [9.17, 15) is 14.0 Å². The van der Waals surface area contributed by atoms with Crippen LogP contribution in [0.1, 0.15) is 34.5 Å². The number of urea groups is 1. The normalized spacial score (nSPS) is 13.3. The van der Waals surface area contributed by atoms with Crippen molar-refractivity contribution in [3.8, 4) is 11.3 Å². The first-order chi connectivity index (χ1) is 15.4. The number of nitrogens with zero attached hydrogens (tertiary/aromatic N) is 2. The number of halogens is 2. The van der Waals surface area contributed by atoms with E-state index in [2.05, 4.69) is 15.8 Å². The van der Waals surface area contributed by atoms with Crippen molar-refractivity contribution in [2.75, 3.05) is 18.4 Å². The fraction of sp³-hybridized carbons (Fsp3) is 0.261. The lowest BCUT2D eigenvalue weighted by molar-refractivity contribution is 0.0950. The van der Waals surface area contributed by atoms with Crippen molar-refractivity contribution in [3.05, 3.63) is 70.2 Å². The summed E-state index contributed by atoms with van der Waals surface area (Å²) in [7, 11) is 0. The topological polar surface area (TPSA) is 87.5 Å². The van der Waals surface area contributed by atoms with Gasteiger partial charge in [0, 0.05) is 25.3 Å². The van der Waals surface area contributed by atoms with Gasteiger partial charge in [0.1, 0.15) is 22.8 Å². The van der Waals surface area contributed by atoms with E-state index in [1.54, 1.807) is 30.0 Å². The Labute approximate surface area is 189 Å². The molecule has 4 rings (SSSR count). The standard InChI is InChI=1S/C23H22ClFN4O3/c1-14-19(21(28-32-14)20-17(24)8-5-9-18(20)25)22(30)26-13-15-6-4-7-16(12-15)27-23(31)29-10-2-3-11-29/h4-9,12H,2-3,10-11,13H2,1H3,(H,26,30)(H,27,31). The van der Waals surface area contributed by atoms with Crippen molar-refractivity contribution in [1.82, 2.24) is 15.4 Å². The van der Waals surface area contributed by atoms with Gasteiger partial charge in [-0.2, -0.15) is 0 Å². The fourth-order valence-electron chi connectivity index (χ4n) is 3.69. The molecule has 2 heterocycles. The monoisotopic (exact) mass is 456 g/mol. The summed E-state index contributed by atoms with van der Waals surface area (Å²) in [4.78, 5) is 27.0. The van der Waals surface area contributed by atoms with Crippen LogP contribution in [0.3, 0.4) is 0 Å². The van der Waals surface area contributed by atoms with E-state index in [0.717, 1.165) is 31.5 Å². The highest BCUT2D eigenvalue weighted by molar-refractivity contribution is 6.33. The molecule has 0 saturated carbocycles. The van der Waals surface area contributed by atoms with Gasteiger partial charge in [-0.3, -0.25) is 4.79 Å². The molecule has 166 valence electrons. The third-order valence-corrected chi connectivity index (χ3v) is 5.63. The second kappa shape index (κ2) is 9.40. The maximum Gasteiger partial charge on any atom is 0.321 e. The molecule has 1 aromatic heterocycles. The lowest BCUT2D eigenvalue weighted by Crippen LogP contribution is -2.32. The van der Waals surface area contributed by atoms with Crippen LogP contribution in [0.15, 0.2) is 47.0 Å². The Kier molecular flexibility index (Phi) is 6.41. The van der Waals surface area contributed by atoms with Gasteiger partial charge >= 0.3 is 6.03 Å². The summed E-state index contributed by atoms with van der Waals surface area (Å²) in [5, 5.41) is 9.67. The molecule has 0 spiro atoms. The molecular formula is C23H22ClFN4O3. The number of benzene rings is 2. The smallest absolute Gasteiger partial charge is 0.321 e. The molecule has 9 heteroatoms. The summed E-state index contributed by atoms with van der Waals surface area (Å²) in [5.74, 6) is -0.811. The van der Waals surface area contributed by atoms with E-state index < -0.39 is 11.7 Å².